The number of benzene rings is 1. The second-order valence-electron chi connectivity index (χ2n) is 5.27. The Morgan fingerprint density at radius 1 is 1.05 bits per heavy atom. The molecule has 0 aromatic heterocycles. The van der Waals surface area contributed by atoms with E-state index in [4.69, 9.17) is 0 Å². The number of carbonyl (C=O) groups excluding carboxylic acids is 3. The van der Waals surface area contributed by atoms with Gasteiger partial charge in [0, 0.05) is 0 Å². The molecule has 1 aliphatic heterocycles. The molecule has 106 valence electrons. The van der Waals surface area contributed by atoms with E-state index in [9.17, 15) is 14.4 Å². The standard InChI is InChI=1S/C17H14O3Se/c1-11(18)14-9-6-10-16(17(14,21-16)12(2)19)15(20)13-7-4-3-5-8-13/h3-10H,1-2H3. The maximum atomic E-state index is 12.9. The fourth-order valence-electron chi connectivity index (χ4n) is 2.99. The summed E-state index contributed by atoms with van der Waals surface area (Å²) in [5.74, 6) is -0.266. The first-order valence-corrected chi connectivity index (χ1v) is 8.39. The number of fused-ring (bicyclic) bond motifs is 1. The monoisotopic (exact) mass is 346 g/mol. The summed E-state index contributed by atoms with van der Waals surface area (Å²) in [7, 11) is 0. The molecule has 2 atom stereocenters. The van der Waals surface area contributed by atoms with Crippen LogP contribution in [0.15, 0.2) is 54.1 Å². The number of carbonyl (C=O) groups is 3. The molecule has 21 heavy (non-hydrogen) atoms. The van der Waals surface area contributed by atoms with Gasteiger partial charge in [-0.2, -0.15) is 0 Å². The van der Waals surface area contributed by atoms with Gasteiger partial charge in [0.05, 0.1) is 0 Å². The number of Topliss-reactive ketones (excluding diaryl/α,β-unsaturated/α-hetero) is 3. The van der Waals surface area contributed by atoms with E-state index in [-0.39, 0.29) is 32.3 Å². The molecule has 0 amide bonds. The van der Waals surface area contributed by atoms with Crippen LogP contribution < -0.4 is 0 Å². The van der Waals surface area contributed by atoms with Crippen molar-refractivity contribution in [2.75, 3.05) is 0 Å². The first kappa shape index (κ1) is 14.2. The minimum absolute atomic E-state index is 0.0543. The molecular weight excluding hydrogens is 331 g/mol. The van der Waals surface area contributed by atoms with Crippen molar-refractivity contribution < 1.29 is 14.4 Å². The van der Waals surface area contributed by atoms with Crippen molar-refractivity contribution in [1.82, 2.24) is 0 Å². The van der Waals surface area contributed by atoms with Gasteiger partial charge >= 0.3 is 129 Å². The van der Waals surface area contributed by atoms with E-state index in [0.717, 1.165) is 0 Å². The van der Waals surface area contributed by atoms with Crippen LogP contribution in [0.2, 0.25) is 8.63 Å². The van der Waals surface area contributed by atoms with Gasteiger partial charge < -0.3 is 0 Å². The Balaban J connectivity index is 2.10. The van der Waals surface area contributed by atoms with Gasteiger partial charge in [0.25, 0.3) is 0 Å². The average Bonchev–Trinajstić information content (AvgIpc) is 3.19. The van der Waals surface area contributed by atoms with Crippen molar-refractivity contribution in [2.45, 2.75) is 22.5 Å². The maximum absolute atomic E-state index is 12.9. The predicted octanol–water partition coefficient (Wildman–Crippen LogP) is 2.58. The van der Waals surface area contributed by atoms with Gasteiger partial charge in [-0.05, 0) is 0 Å². The number of hydrogen-bond acceptors (Lipinski definition) is 3. The average molecular weight is 345 g/mol. The van der Waals surface area contributed by atoms with Gasteiger partial charge in [0.2, 0.25) is 0 Å². The van der Waals surface area contributed by atoms with E-state index in [1.54, 1.807) is 24.3 Å². The molecule has 0 saturated carbocycles. The number of rotatable bonds is 4. The summed E-state index contributed by atoms with van der Waals surface area (Å²) in [6, 6.07) is 8.99. The Hall–Kier alpha value is -1.77. The zero-order chi connectivity index (χ0) is 15.3. The Morgan fingerprint density at radius 3 is 2.29 bits per heavy atom. The Kier molecular flexibility index (Phi) is 3.12. The molecule has 1 fully saturated rings. The van der Waals surface area contributed by atoms with Gasteiger partial charge in [0.15, 0.2) is 0 Å². The molecule has 0 radical (unpaired) electrons. The van der Waals surface area contributed by atoms with Crippen molar-refractivity contribution >= 4 is 32.3 Å². The predicted molar refractivity (Wildman–Crippen MR) is 80.5 cm³/mol. The first-order valence-electron chi connectivity index (χ1n) is 6.68. The molecule has 1 saturated heterocycles. The molecule has 1 heterocycles. The van der Waals surface area contributed by atoms with Crippen molar-refractivity contribution in [3.05, 3.63) is 59.7 Å². The third-order valence-electron chi connectivity index (χ3n) is 4.02. The van der Waals surface area contributed by atoms with Crippen LogP contribution in [0.1, 0.15) is 24.2 Å². The molecule has 4 heteroatoms. The topological polar surface area (TPSA) is 51.2 Å². The summed E-state index contributed by atoms with van der Waals surface area (Å²) in [5.41, 5.74) is 1.08. The van der Waals surface area contributed by atoms with E-state index in [1.165, 1.54) is 13.8 Å². The summed E-state index contributed by atoms with van der Waals surface area (Å²) in [6.45, 7) is 2.94. The van der Waals surface area contributed by atoms with Crippen LogP contribution in [-0.2, 0) is 9.59 Å². The van der Waals surface area contributed by atoms with Gasteiger partial charge in [-0.3, -0.25) is 0 Å². The van der Waals surface area contributed by atoms with Crippen LogP contribution in [0.25, 0.3) is 0 Å². The Bertz CT molecular complexity index is 717. The molecule has 0 spiro atoms. The molecule has 2 unspecified atom stereocenters. The fraction of sp³-hybridized carbons (Fsp3) is 0.235. The molecule has 1 aromatic carbocycles. The first-order chi connectivity index (χ1) is 9.95. The summed E-state index contributed by atoms with van der Waals surface area (Å²) in [5, 5.41) is 0. The number of allylic oxidation sites excluding steroid dienone is 4. The zero-order valence-corrected chi connectivity index (χ0v) is 13.5. The van der Waals surface area contributed by atoms with Crippen molar-refractivity contribution in [1.29, 1.82) is 0 Å². The van der Waals surface area contributed by atoms with Gasteiger partial charge in [-0.1, -0.05) is 0 Å². The van der Waals surface area contributed by atoms with Crippen LogP contribution >= 0.6 is 0 Å². The molecule has 0 N–H and O–H groups in total. The van der Waals surface area contributed by atoms with Crippen LogP contribution in [0.3, 0.4) is 0 Å². The van der Waals surface area contributed by atoms with Crippen LogP contribution in [0.5, 0.6) is 0 Å². The van der Waals surface area contributed by atoms with E-state index in [0.29, 0.717) is 11.1 Å². The molecule has 1 aromatic rings. The molecule has 3 nitrogen and oxygen atoms in total. The van der Waals surface area contributed by atoms with Crippen LogP contribution in [-0.4, -0.2) is 32.3 Å². The van der Waals surface area contributed by atoms with E-state index >= 15 is 0 Å². The van der Waals surface area contributed by atoms with Crippen molar-refractivity contribution in [2.24, 2.45) is 0 Å². The minimum atomic E-state index is -0.895. The third-order valence-corrected chi connectivity index (χ3v) is 7.96. The Labute approximate surface area is 129 Å². The molecule has 2 aliphatic rings. The Morgan fingerprint density at radius 2 is 1.71 bits per heavy atom. The van der Waals surface area contributed by atoms with E-state index < -0.39 is 8.63 Å². The zero-order valence-electron chi connectivity index (χ0n) is 11.8. The van der Waals surface area contributed by atoms with E-state index in [2.05, 4.69) is 0 Å². The quantitative estimate of drug-likeness (QED) is 0.623. The van der Waals surface area contributed by atoms with Crippen molar-refractivity contribution in [3.8, 4) is 0 Å². The van der Waals surface area contributed by atoms with Gasteiger partial charge in [0.1, 0.15) is 0 Å². The number of ketones is 3. The third kappa shape index (κ3) is 1.76. The summed E-state index contributed by atoms with van der Waals surface area (Å²) < 4.78 is -1.71. The SMILES string of the molecule is CC(=O)C1=CC=CC2(C(=O)c3ccccc3)[Se]C12C(C)=O. The van der Waals surface area contributed by atoms with Gasteiger partial charge in [-0.25, -0.2) is 0 Å². The molecule has 1 aliphatic carbocycles. The number of hydrogen-bond donors (Lipinski definition) is 0. The normalized spacial score (nSPS) is 29.3. The fourth-order valence-corrected chi connectivity index (χ4v) is 6.50. The molecular formula is C17H14O3Se. The summed E-state index contributed by atoms with van der Waals surface area (Å²) in [4.78, 5) is 37.1. The van der Waals surface area contributed by atoms with Crippen molar-refractivity contribution in [3.63, 3.8) is 0 Å². The summed E-state index contributed by atoms with van der Waals surface area (Å²) >= 11 is -0.261. The second-order valence-corrected chi connectivity index (χ2v) is 8.33. The van der Waals surface area contributed by atoms with Gasteiger partial charge in [-0.15, -0.1) is 0 Å². The van der Waals surface area contributed by atoms with E-state index in [1.807, 2.05) is 24.3 Å². The second kappa shape index (κ2) is 4.62. The van der Waals surface area contributed by atoms with Crippen LogP contribution in [0, 0.1) is 0 Å². The molecule has 3 rings (SSSR count). The molecule has 0 bridgehead atoms. The van der Waals surface area contributed by atoms with Crippen LogP contribution in [0.4, 0.5) is 0 Å². The summed E-state index contributed by atoms with van der Waals surface area (Å²) in [6.07, 6.45) is 5.25.